The van der Waals surface area contributed by atoms with Crippen molar-refractivity contribution in [2.24, 2.45) is 0 Å². The number of hydrogen-bond acceptors (Lipinski definition) is 3. The van der Waals surface area contributed by atoms with Crippen LogP contribution >= 0.6 is 0 Å². The minimum absolute atomic E-state index is 0.582. The second kappa shape index (κ2) is 7.61. The van der Waals surface area contributed by atoms with E-state index in [0.29, 0.717) is 13.2 Å². The second-order valence-corrected chi connectivity index (χ2v) is 4.64. The fraction of sp³-hybridized carbons (Fsp3) is 0.571. The highest BCUT2D eigenvalue weighted by Crippen LogP contribution is 2.29. The van der Waals surface area contributed by atoms with Crippen molar-refractivity contribution in [3.8, 4) is 0 Å². The van der Waals surface area contributed by atoms with Crippen LogP contribution in [0.5, 0.6) is 0 Å². The summed E-state index contributed by atoms with van der Waals surface area (Å²) in [5, 5.41) is 3.58. The van der Waals surface area contributed by atoms with E-state index in [1.165, 1.54) is 12.1 Å². The van der Waals surface area contributed by atoms with E-state index in [2.05, 4.69) is 0 Å². The normalized spacial score (nSPS) is 12.4. The van der Waals surface area contributed by atoms with E-state index in [1.807, 2.05) is 26.0 Å². The number of hydrazine groups is 1. The average Bonchev–Trinajstić information content (AvgIpc) is 2.37. The maximum absolute atomic E-state index is 12.4. The Hall–Kier alpha value is -1.11. The molecule has 0 aromatic heterocycles. The molecule has 20 heavy (non-hydrogen) atoms. The molecule has 0 fully saturated rings. The molecule has 0 saturated carbocycles. The molecular weight excluding hydrogens is 269 g/mol. The zero-order valence-corrected chi connectivity index (χ0v) is 12.1. The lowest BCUT2D eigenvalue weighted by Crippen LogP contribution is -2.37. The molecule has 114 valence electrons. The van der Waals surface area contributed by atoms with Crippen molar-refractivity contribution in [2.75, 3.05) is 27.2 Å². The van der Waals surface area contributed by atoms with Crippen LogP contribution in [-0.4, -0.2) is 37.4 Å². The van der Waals surface area contributed by atoms with E-state index in [0.717, 1.165) is 30.5 Å². The van der Waals surface area contributed by atoms with Crippen LogP contribution in [0, 0.1) is 0 Å². The number of hydroxylamine groups is 1. The van der Waals surface area contributed by atoms with Gasteiger partial charge in [-0.1, -0.05) is 12.1 Å². The minimum atomic E-state index is -4.27. The van der Waals surface area contributed by atoms with Crippen LogP contribution in [0.25, 0.3) is 0 Å². The van der Waals surface area contributed by atoms with Crippen LogP contribution in [0.15, 0.2) is 24.3 Å². The van der Waals surface area contributed by atoms with Crippen molar-refractivity contribution >= 4 is 0 Å². The van der Waals surface area contributed by atoms with Crippen molar-refractivity contribution in [1.29, 1.82) is 0 Å². The van der Waals surface area contributed by atoms with E-state index in [-0.39, 0.29) is 0 Å². The number of aryl methyl sites for hydroxylation is 1. The predicted molar refractivity (Wildman–Crippen MR) is 71.8 cm³/mol. The summed E-state index contributed by atoms with van der Waals surface area (Å²) in [6.07, 6.45) is -2.74. The van der Waals surface area contributed by atoms with E-state index in [4.69, 9.17) is 4.84 Å². The van der Waals surface area contributed by atoms with Gasteiger partial charge in [-0.2, -0.15) is 13.2 Å². The highest BCUT2D eigenvalue weighted by atomic mass is 19.4. The third-order valence-electron chi connectivity index (χ3n) is 2.82. The largest absolute Gasteiger partial charge is 0.416 e. The lowest BCUT2D eigenvalue weighted by Gasteiger charge is -2.27. The Labute approximate surface area is 117 Å². The van der Waals surface area contributed by atoms with Gasteiger partial charge in [-0.05, 0) is 37.5 Å². The molecule has 1 aromatic rings. The number of nitrogens with zero attached hydrogens (tertiary/aromatic N) is 2. The highest BCUT2D eigenvalue weighted by Gasteiger charge is 2.29. The summed E-state index contributed by atoms with van der Waals surface area (Å²) in [5.41, 5.74) is 0.290. The van der Waals surface area contributed by atoms with Crippen LogP contribution < -0.4 is 0 Å². The third kappa shape index (κ3) is 5.48. The predicted octanol–water partition coefficient (Wildman–Crippen LogP) is 3.37. The molecule has 0 saturated heterocycles. The van der Waals surface area contributed by atoms with Crippen molar-refractivity contribution < 1.29 is 18.0 Å². The van der Waals surface area contributed by atoms with Gasteiger partial charge >= 0.3 is 6.18 Å². The minimum Gasteiger partial charge on any atom is -0.284 e. The van der Waals surface area contributed by atoms with Crippen molar-refractivity contribution in [3.05, 3.63) is 35.4 Å². The summed E-state index contributed by atoms with van der Waals surface area (Å²) in [7, 11) is 3.77. The SMILES string of the molecule is CCON(CCCc1ccc(C(F)(F)F)cc1)N(C)C. The Bertz CT molecular complexity index is 390. The van der Waals surface area contributed by atoms with E-state index in [1.54, 1.807) is 5.17 Å². The zero-order valence-electron chi connectivity index (χ0n) is 12.1. The van der Waals surface area contributed by atoms with Crippen LogP contribution in [0.3, 0.4) is 0 Å². The van der Waals surface area contributed by atoms with Gasteiger partial charge in [-0.25, -0.2) is 5.01 Å². The average molecular weight is 290 g/mol. The fourth-order valence-corrected chi connectivity index (χ4v) is 1.81. The lowest BCUT2D eigenvalue weighted by molar-refractivity contribution is -0.265. The monoisotopic (exact) mass is 290 g/mol. The van der Waals surface area contributed by atoms with Crippen molar-refractivity contribution in [3.63, 3.8) is 0 Å². The van der Waals surface area contributed by atoms with Crippen LogP contribution in [-0.2, 0) is 17.4 Å². The summed E-state index contributed by atoms with van der Waals surface area (Å²) in [6, 6.07) is 5.32. The quantitative estimate of drug-likeness (QED) is 0.716. The first-order valence-corrected chi connectivity index (χ1v) is 6.58. The standard InChI is InChI=1S/C14H21F3N2O/c1-4-20-19(18(2)3)11-5-6-12-7-9-13(10-8-12)14(15,16)17/h7-10H,4-6,11H2,1-3H3. The van der Waals surface area contributed by atoms with Gasteiger partial charge in [-0.3, -0.25) is 4.84 Å². The van der Waals surface area contributed by atoms with Crippen LogP contribution in [0.1, 0.15) is 24.5 Å². The van der Waals surface area contributed by atoms with Gasteiger partial charge in [-0.15, -0.1) is 5.17 Å². The highest BCUT2D eigenvalue weighted by molar-refractivity contribution is 5.24. The molecule has 0 amide bonds. The Kier molecular flexibility index (Phi) is 6.45. The molecule has 1 aromatic carbocycles. The molecule has 0 N–H and O–H groups in total. The summed E-state index contributed by atoms with van der Waals surface area (Å²) < 4.78 is 37.3. The van der Waals surface area contributed by atoms with E-state index < -0.39 is 11.7 Å². The summed E-state index contributed by atoms with van der Waals surface area (Å²) >= 11 is 0. The zero-order chi connectivity index (χ0) is 15.2. The van der Waals surface area contributed by atoms with Crippen molar-refractivity contribution in [1.82, 2.24) is 10.2 Å². The molecule has 0 aliphatic carbocycles. The summed E-state index contributed by atoms with van der Waals surface area (Å²) in [4.78, 5) is 5.42. The van der Waals surface area contributed by atoms with Gasteiger partial charge in [0.2, 0.25) is 0 Å². The third-order valence-corrected chi connectivity index (χ3v) is 2.82. The Morgan fingerprint density at radius 2 is 1.70 bits per heavy atom. The molecule has 0 heterocycles. The van der Waals surface area contributed by atoms with Gasteiger partial charge in [0.25, 0.3) is 0 Å². The first-order valence-electron chi connectivity index (χ1n) is 6.58. The topological polar surface area (TPSA) is 15.7 Å². The Morgan fingerprint density at radius 3 is 2.15 bits per heavy atom. The van der Waals surface area contributed by atoms with Crippen LogP contribution in [0.4, 0.5) is 13.2 Å². The van der Waals surface area contributed by atoms with Gasteiger partial charge in [0.05, 0.1) is 12.2 Å². The molecule has 1 rings (SSSR count). The number of alkyl halides is 3. The summed E-state index contributed by atoms with van der Waals surface area (Å²) in [5.74, 6) is 0. The maximum atomic E-state index is 12.4. The molecule has 0 spiro atoms. The fourth-order valence-electron chi connectivity index (χ4n) is 1.81. The molecule has 0 bridgehead atoms. The number of halogens is 3. The molecule has 0 aliphatic heterocycles. The van der Waals surface area contributed by atoms with Crippen molar-refractivity contribution in [2.45, 2.75) is 25.9 Å². The molecule has 6 heteroatoms. The van der Waals surface area contributed by atoms with Gasteiger partial charge < -0.3 is 0 Å². The molecule has 0 radical (unpaired) electrons. The molecule has 0 unspecified atom stereocenters. The molecule has 0 atom stereocenters. The number of benzene rings is 1. The smallest absolute Gasteiger partial charge is 0.284 e. The second-order valence-electron chi connectivity index (χ2n) is 4.64. The maximum Gasteiger partial charge on any atom is 0.416 e. The molecule has 0 aliphatic rings. The number of rotatable bonds is 7. The van der Waals surface area contributed by atoms with Gasteiger partial charge in [0, 0.05) is 20.6 Å². The van der Waals surface area contributed by atoms with Gasteiger partial charge in [0.1, 0.15) is 0 Å². The van der Waals surface area contributed by atoms with E-state index in [9.17, 15) is 13.2 Å². The lowest BCUT2D eigenvalue weighted by atomic mass is 10.1. The van der Waals surface area contributed by atoms with E-state index >= 15 is 0 Å². The van der Waals surface area contributed by atoms with Gasteiger partial charge in [0.15, 0.2) is 0 Å². The first-order chi connectivity index (χ1) is 9.34. The van der Waals surface area contributed by atoms with Crippen LogP contribution in [0.2, 0.25) is 0 Å². The first kappa shape index (κ1) is 16.9. The number of hydrogen-bond donors (Lipinski definition) is 0. The molecule has 3 nitrogen and oxygen atoms in total. The molecular formula is C14H21F3N2O. The summed E-state index contributed by atoms with van der Waals surface area (Å²) in [6.45, 7) is 3.19. The Morgan fingerprint density at radius 1 is 1.10 bits per heavy atom. The Balaban J connectivity index is 2.46.